The van der Waals surface area contributed by atoms with Gasteiger partial charge in [0.1, 0.15) is 29.6 Å². The number of imide groups is 1. The molecule has 5 aromatic heterocycles. The zero-order chi connectivity index (χ0) is 47.1. The van der Waals surface area contributed by atoms with Gasteiger partial charge in [0.05, 0.1) is 22.8 Å². The molecule has 358 valence electrons. The van der Waals surface area contributed by atoms with E-state index in [4.69, 9.17) is 30.1 Å². The number of ether oxygens (including phenoxy) is 1. The normalized spacial score (nSPS) is 20.1. The number of nitrogen functional groups attached to an aromatic ring is 1. The first kappa shape index (κ1) is 45.0. The predicted octanol–water partition coefficient (Wildman–Crippen LogP) is 4.11. The number of nitrogens with zero attached hydrogens (tertiary/aromatic N) is 12. The van der Waals surface area contributed by atoms with Crippen LogP contribution >= 0.6 is 0 Å². The largest absolute Gasteiger partial charge is 0.439 e. The molecule has 5 aliphatic rings. The van der Waals surface area contributed by atoms with Crippen molar-refractivity contribution < 1.29 is 32.8 Å². The number of carbonyl (C=O) groups excluding carboxylic acids is 4. The number of piperidine rings is 3. The lowest BCUT2D eigenvalue weighted by Crippen LogP contribution is -2.50. The Morgan fingerprint density at radius 3 is 2.31 bits per heavy atom. The quantitative estimate of drug-likeness (QED) is 0.149. The molecule has 68 heavy (non-hydrogen) atoms. The molecule has 4 N–H and O–H groups in total. The number of nitrogens with two attached hydrogens (primary N) is 1. The minimum atomic E-state index is -0.612. The van der Waals surface area contributed by atoms with Gasteiger partial charge >= 0.3 is 6.09 Å². The average molecular weight is 934 g/mol. The van der Waals surface area contributed by atoms with Crippen molar-refractivity contribution in [3.05, 3.63) is 48.1 Å². The van der Waals surface area contributed by atoms with E-state index in [0.29, 0.717) is 110 Å². The molecule has 0 bridgehead atoms. The number of nitrogens with one attached hydrogen (secondary N) is 2. The second-order valence-electron chi connectivity index (χ2n) is 18.8. The van der Waals surface area contributed by atoms with Crippen molar-refractivity contribution in [1.82, 2.24) is 59.9 Å². The van der Waals surface area contributed by atoms with Crippen LogP contribution in [0.4, 0.5) is 26.5 Å². The van der Waals surface area contributed by atoms with Gasteiger partial charge in [-0.25, -0.2) is 38.8 Å². The molecular formula is C46H56FN15O6. The number of fused-ring (bicyclic) bond motifs is 1. The van der Waals surface area contributed by atoms with Gasteiger partial charge in [-0.05, 0) is 76.2 Å². The number of amides is 4. The van der Waals surface area contributed by atoms with E-state index in [9.17, 15) is 19.2 Å². The number of rotatable bonds is 12. The van der Waals surface area contributed by atoms with Crippen LogP contribution in [0, 0.1) is 11.7 Å². The van der Waals surface area contributed by atoms with Crippen molar-refractivity contribution in [2.24, 2.45) is 5.92 Å². The first-order chi connectivity index (χ1) is 33.0. The number of halogens is 1. The summed E-state index contributed by atoms with van der Waals surface area (Å²) < 4.78 is 28.4. The molecule has 1 atom stereocenters. The zero-order valence-corrected chi connectivity index (χ0v) is 38.3. The smallest absolute Gasteiger partial charge is 0.410 e. The van der Waals surface area contributed by atoms with Crippen LogP contribution in [0.2, 0.25) is 0 Å². The van der Waals surface area contributed by atoms with Crippen LogP contribution in [0.25, 0.3) is 33.8 Å². The maximum absolute atomic E-state index is 15.2. The molecule has 9 heterocycles. The molecule has 1 unspecified atom stereocenters. The number of piperazine rings is 1. The van der Waals surface area contributed by atoms with Crippen molar-refractivity contribution in [3.63, 3.8) is 0 Å². The molecule has 4 saturated heterocycles. The van der Waals surface area contributed by atoms with Gasteiger partial charge in [-0.3, -0.25) is 24.6 Å². The van der Waals surface area contributed by atoms with Crippen LogP contribution in [-0.2, 0) is 19.1 Å². The summed E-state index contributed by atoms with van der Waals surface area (Å²) in [6.45, 7) is 9.57. The summed E-state index contributed by atoms with van der Waals surface area (Å²) in [5.74, 6) is 1.19. The van der Waals surface area contributed by atoms with Gasteiger partial charge in [0.15, 0.2) is 35.5 Å². The fraction of sp³-hybridized carbons (Fsp3) is 0.543. The second-order valence-corrected chi connectivity index (χ2v) is 18.8. The Morgan fingerprint density at radius 1 is 0.882 bits per heavy atom. The highest BCUT2D eigenvalue weighted by molar-refractivity contribution is 6.02. The molecule has 21 nitrogen and oxygen atoms in total. The van der Waals surface area contributed by atoms with Gasteiger partial charge in [-0.1, -0.05) is 5.16 Å². The fourth-order valence-electron chi connectivity index (χ4n) is 9.85. The highest BCUT2D eigenvalue weighted by Gasteiger charge is 2.37. The van der Waals surface area contributed by atoms with Crippen molar-refractivity contribution in [2.75, 3.05) is 81.5 Å². The third kappa shape index (κ3) is 9.37. The maximum atomic E-state index is 15.2. The van der Waals surface area contributed by atoms with Crippen LogP contribution in [-0.4, -0.2) is 150 Å². The number of aromatic nitrogens is 8. The van der Waals surface area contributed by atoms with E-state index in [-0.39, 0.29) is 48.5 Å². The molecule has 4 aliphatic heterocycles. The number of hydrogen-bond acceptors (Lipinski definition) is 17. The third-order valence-electron chi connectivity index (χ3n) is 13.9. The van der Waals surface area contributed by atoms with Gasteiger partial charge in [-0.2, -0.15) is 5.10 Å². The first-order valence-corrected chi connectivity index (χ1v) is 23.7. The summed E-state index contributed by atoms with van der Waals surface area (Å²) in [7, 11) is 0. The van der Waals surface area contributed by atoms with Crippen LogP contribution in [0.3, 0.4) is 0 Å². The Balaban J connectivity index is 0.658. The predicted molar refractivity (Wildman–Crippen MR) is 245 cm³/mol. The van der Waals surface area contributed by atoms with Crippen LogP contribution in [0.1, 0.15) is 94.4 Å². The second kappa shape index (κ2) is 19.0. The summed E-state index contributed by atoms with van der Waals surface area (Å²) in [4.78, 5) is 80.3. The summed E-state index contributed by atoms with van der Waals surface area (Å²) in [6, 6.07) is 0.746. The lowest BCUT2D eigenvalue weighted by Gasteiger charge is -2.39. The van der Waals surface area contributed by atoms with E-state index in [1.165, 1.54) is 18.6 Å². The highest BCUT2D eigenvalue weighted by atomic mass is 19.1. The monoisotopic (exact) mass is 933 g/mol. The Morgan fingerprint density at radius 2 is 1.62 bits per heavy atom. The van der Waals surface area contributed by atoms with Gasteiger partial charge in [0.2, 0.25) is 11.8 Å². The molecule has 0 aromatic carbocycles. The van der Waals surface area contributed by atoms with E-state index >= 15 is 4.39 Å². The number of hydrogen-bond donors (Lipinski definition) is 3. The topological polar surface area (TPSA) is 249 Å². The van der Waals surface area contributed by atoms with Crippen LogP contribution in [0.15, 0.2) is 35.5 Å². The molecule has 5 fully saturated rings. The van der Waals surface area contributed by atoms with E-state index in [0.717, 1.165) is 56.6 Å². The Labute approximate surface area is 391 Å². The number of carbonyl (C=O) groups is 4. The molecule has 22 heteroatoms. The SMILES string of the molecule is CC(C)n1nc(-c2noc(C3CC3)c2-c2ncc(C3CCN(C(=O)OCC(=O)N4CCC(CN5CCN(c6ncc(NC7CCC(=O)NC7=O)cc6F)CC5)CC4)CC3)cn2)c2c(N)ncnc21. The summed E-state index contributed by atoms with van der Waals surface area (Å²) >= 11 is 0. The van der Waals surface area contributed by atoms with Gasteiger partial charge in [0.25, 0.3) is 5.91 Å². The molecule has 5 aromatic rings. The molecule has 0 radical (unpaired) electrons. The fourth-order valence-corrected chi connectivity index (χ4v) is 9.85. The van der Waals surface area contributed by atoms with Crippen LogP contribution in [0.5, 0.6) is 0 Å². The summed E-state index contributed by atoms with van der Waals surface area (Å²) in [5, 5.41) is 15.2. The molecule has 1 aliphatic carbocycles. The summed E-state index contributed by atoms with van der Waals surface area (Å²) in [6.07, 6.45) is 11.8. The molecule has 0 spiro atoms. The average Bonchev–Trinajstić information content (AvgIpc) is 3.97. The van der Waals surface area contributed by atoms with Gasteiger partial charge in [-0.15, -0.1) is 0 Å². The molecular weight excluding hydrogens is 878 g/mol. The third-order valence-corrected chi connectivity index (χ3v) is 13.9. The Hall–Kier alpha value is -6.84. The van der Waals surface area contributed by atoms with E-state index in [1.54, 1.807) is 14.5 Å². The molecule has 1 saturated carbocycles. The number of likely N-dealkylation sites (tertiary alicyclic amines) is 2. The van der Waals surface area contributed by atoms with Crippen molar-refractivity contribution >= 4 is 52.2 Å². The highest BCUT2D eigenvalue weighted by Crippen LogP contribution is 2.48. The van der Waals surface area contributed by atoms with E-state index in [1.807, 2.05) is 31.1 Å². The minimum absolute atomic E-state index is 0.0146. The lowest BCUT2D eigenvalue weighted by atomic mass is 9.91. The lowest BCUT2D eigenvalue weighted by molar-refractivity contribution is -0.136. The summed E-state index contributed by atoms with van der Waals surface area (Å²) in [5.41, 5.74) is 10.1. The van der Waals surface area contributed by atoms with Crippen LogP contribution < -0.4 is 21.3 Å². The van der Waals surface area contributed by atoms with E-state index in [2.05, 4.69) is 35.6 Å². The maximum Gasteiger partial charge on any atom is 0.410 e. The van der Waals surface area contributed by atoms with Crippen molar-refractivity contribution in [1.29, 1.82) is 0 Å². The molecule has 10 rings (SSSR count). The Bertz CT molecular complexity index is 2680. The molecule has 4 amide bonds. The minimum Gasteiger partial charge on any atom is -0.439 e. The standard InChI is InChI=1S/C46H56FN15O6/c1-26(2)62-44-37(41(48)52-25-53-44)38(56-62)39-36(40(68-57-39)29-3-4-29)42-49-20-30(21-50-42)28-9-13-61(14-10-28)46(66)67-24-35(64)59-11-7-27(8-12-59)23-58-15-17-60(18-16-58)43-32(47)19-31(22-51-43)54-33-5-6-34(63)55-45(33)65/h19-22,25-29,33,54H,3-18,23-24H2,1-2H3,(H2,48,52,53)(H,55,63,65). The van der Waals surface area contributed by atoms with Crippen molar-refractivity contribution in [3.8, 4) is 22.8 Å². The van der Waals surface area contributed by atoms with Gasteiger partial charge < -0.3 is 35.0 Å². The zero-order valence-electron chi connectivity index (χ0n) is 38.3. The number of pyridine rings is 1. The van der Waals surface area contributed by atoms with Crippen molar-refractivity contribution in [2.45, 2.75) is 89.1 Å². The first-order valence-electron chi connectivity index (χ1n) is 23.7. The van der Waals surface area contributed by atoms with E-state index < -0.39 is 23.9 Å². The Kier molecular flexibility index (Phi) is 12.6. The van der Waals surface area contributed by atoms with Gasteiger partial charge in [0, 0.05) is 95.7 Å². The number of anilines is 3.